The molecule has 0 aliphatic rings. The summed E-state index contributed by atoms with van der Waals surface area (Å²) < 4.78 is 74.7. The van der Waals surface area contributed by atoms with E-state index in [1.54, 1.807) is 19.1 Å². The second kappa shape index (κ2) is 8.13. The molecule has 2 aromatic rings. The first-order valence-corrected chi connectivity index (χ1v) is 11.5. The smallest absolute Gasteiger partial charge is 0.320 e. The first-order chi connectivity index (χ1) is 12.8. The molecule has 0 saturated carbocycles. The normalized spacial score (nSPS) is 12.9. The number of aromatic nitrogens is 1. The van der Waals surface area contributed by atoms with Gasteiger partial charge in [-0.1, -0.05) is 20.8 Å². The van der Waals surface area contributed by atoms with Crippen LogP contribution in [0.3, 0.4) is 0 Å². The van der Waals surface area contributed by atoms with E-state index in [1.165, 1.54) is 0 Å². The summed E-state index contributed by atoms with van der Waals surface area (Å²) in [6.45, 7) is 7.52. The number of nitrogens with one attached hydrogen (secondary N) is 1. The highest BCUT2D eigenvalue weighted by molar-refractivity contribution is 8.74. The van der Waals surface area contributed by atoms with Crippen LogP contribution in [0.5, 0.6) is 0 Å². The van der Waals surface area contributed by atoms with Gasteiger partial charge in [0.15, 0.2) is 5.03 Å². The minimum absolute atomic E-state index is 0.291. The summed E-state index contributed by atoms with van der Waals surface area (Å²) in [4.78, 5) is 4.24. The Bertz CT molecular complexity index is 955. The van der Waals surface area contributed by atoms with Crippen LogP contribution in [-0.4, -0.2) is 18.0 Å². The Labute approximate surface area is 169 Å². The highest BCUT2D eigenvalue weighted by atomic mass is 33.1. The third kappa shape index (κ3) is 5.34. The molecule has 154 valence electrons. The number of benzene rings is 1. The molecule has 1 heterocycles. The van der Waals surface area contributed by atoms with E-state index in [-0.39, 0.29) is 5.41 Å². The van der Waals surface area contributed by atoms with Crippen LogP contribution in [0.2, 0.25) is 0 Å². The molecule has 2 rings (SSSR count). The summed E-state index contributed by atoms with van der Waals surface area (Å²) in [6.07, 6.45) is -4.11. The molecule has 0 atom stereocenters. The van der Waals surface area contributed by atoms with Crippen molar-refractivity contribution in [1.29, 1.82) is 0 Å². The number of hydrogen-bond donors (Lipinski definition) is 2. The monoisotopic (exact) mass is 452 g/mol. The van der Waals surface area contributed by atoms with Gasteiger partial charge in [0, 0.05) is 11.1 Å². The van der Waals surface area contributed by atoms with E-state index in [0.29, 0.717) is 34.6 Å². The molecule has 28 heavy (non-hydrogen) atoms. The van der Waals surface area contributed by atoms with Crippen LogP contribution in [-0.2, 0) is 21.6 Å². The average Bonchev–Trinajstić information content (AvgIpc) is 2.55. The van der Waals surface area contributed by atoms with Gasteiger partial charge in [-0.15, -0.1) is 0 Å². The van der Waals surface area contributed by atoms with Crippen LogP contribution >= 0.6 is 21.9 Å². The van der Waals surface area contributed by atoms with Crippen molar-refractivity contribution in [3.05, 3.63) is 47.2 Å². The van der Waals surface area contributed by atoms with Crippen molar-refractivity contribution in [3.63, 3.8) is 0 Å². The Hall–Kier alpha value is -1.43. The third-order valence-corrected chi connectivity index (χ3v) is 6.48. The Morgan fingerprint density at radius 2 is 1.79 bits per heavy atom. The predicted molar refractivity (Wildman–Crippen MR) is 106 cm³/mol. The molecule has 0 aliphatic carbocycles. The number of hydrogen-bond acceptors (Lipinski definition) is 6. The van der Waals surface area contributed by atoms with Crippen molar-refractivity contribution in [1.82, 2.24) is 4.98 Å². The Kier molecular flexibility index (Phi) is 6.64. The number of anilines is 1. The summed E-state index contributed by atoms with van der Waals surface area (Å²) in [5.74, 6) is 0. The van der Waals surface area contributed by atoms with Gasteiger partial charge in [-0.05, 0) is 58.5 Å². The maximum atomic E-state index is 12.6. The first kappa shape index (κ1) is 22.9. The van der Waals surface area contributed by atoms with E-state index in [9.17, 15) is 21.6 Å². The quantitative estimate of drug-likeness (QED) is 0.446. The fraction of sp³-hybridized carbons (Fsp3) is 0.353. The van der Waals surface area contributed by atoms with Gasteiger partial charge >= 0.3 is 6.18 Å². The van der Waals surface area contributed by atoms with Gasteiger partial charge in [-0.3, -0.25) is 4.72 Å². The zero-order valence-corrected chi connectivity index (χ0v) is 17.9. The summed E-state index contributed by atoms with van der Waals surface area (Å²) in [5.41, 5.74) is 0.334. The zero-order chi connectivity index (χ0) is 21.3. The molecule has 0 bridgehead atoms. The van der Waals surface area contributed by atoms with Crippen molar-refractivity contribution < 1.29 is 26.1 Å². The molecule has 0 aliphatic heterocycles. The number of halogens is 3. The lowest BCUT2D eigenvalue weighted by Gasteiger charge is -2.24. The number of rotatable bonds is 5. The van der Waals surface area contributed by atoms with Gasteiger partial charge in [0.05, 0.1) is 22.3 Å². The van der Waals surface area contributed by atoms with Crippen LogP contribution in [0.15, 0.2) is 40.4 Å². The van der Waals surface area contributed by atoms with Crippen LogP contribution in [0.4, 0.5) is 18.9 Å². The molecule has 2 N–H and O–H groups in total. The first-order valence-electron chi connectivity index (χ1n) is 7.95. The van der Waals surface area contributed by atoms with E-state index in [4.69, 9.17) is 4.55 Å². The SMILES string of the molecule is Cc1cc(SSO)c(C(C)(C)C)cc1NS(=O)(=O)c1ccc(C(F)(F)F)cn1. The molecule has 0 fully saturated rings. The van der Waals surface area contributed by atoms with E-state index in [0.717, 1.165) is 27.3 Å². The molecule has 11 heteroatoms. The number of nitrogens with zero attached hydrogens (tertiary/aromatic N) is 1. The average molecular weight is 453 g/mol. The molecule has 0 unspecified atom stereocenters. The van der Waals surface area contributed by atoms with E-state index < -0.39 is 26.8 Å². The van der Waals surface area contributed by atoms with Crippen molar-refractivity contribution in [2.24, 2.45) is 0 Å². The largest absolute Gasteiger partial charge is 0.417 e. The third-order valence-electron chi connectivity index (χ3n) is 3.84. The maximum absolute atomic E-state index is 12.6. The second-order valence-corrected chi connectivity index (χ2v) is 10.4. The molecule has 1 aromatic heterocycles. The second-order valence-electron chi connectivity index (χ2n) is 7.06. The highest BCUT2D eigenvalue weighted by Gasteiger charge is 2.31. The Morgan fingerprint density at radius 3 is 2.25 bits per heavy atom. The van der Waals surface area contributed by atoms with Crippen molar-refractivity contribution in [2.75, 3.05) is 4.72 Å². The van der Waals surface area contributed by atoms with Crippen LogP contribution in [0, 0.1) is 6.92 Å². The lowest BCUT2D eigenvalue weighted by atomic mass is 9.86. The topological polar surface area (TPSA) is 79.3 Å². The number of pyridine rings is 1. The van der Waals surface area contributed by atoms with Crippen molar-refractivity contribution in [2.45, 2.75) is 49.2 Å². The van der Waals surface area contributed by atoms with E-state index >= 15 is 0 Å². The molecule has 5 nitrogen and oxygen atoms in total. The minimum atomic E-state index is -4.60. The lowest BCUT2D eigenvalue weighted by Crippen LogP contribution is -2.18. The summed E-state index contributed by atoms with van der Waals surface area (Å²) in [5, 5.41) is -0.512. The molecule has 0 amide bonds. The van der Waals surface area contributed by atoms with Crippen LogP contribution in [0.25, 0.3) is 0 Å². The zero-order valence-electron chi connectivity index (χ0n) is 15.5. The Morgan fingerprint density at radius 1 is 1.14 bits per heavy atom. The molecular formula is C17H19F3N2O3S3. The maximum Gasteiger partial charge on any atom is 0.417 e. The van der Waals surface area contributed by atoms with Crippen molar-refractivity contribution >= 4 is 37.6 Å². The number of alkyl halides is 3. The van der Waals surface area contributed by atoms with Crippen molar-refractivity contribution in [3.8, 4) is 0 Å². The predicted octanol–water partition coefficient (Wildman–Crippen LogP) is 5.72. The fourth-order valence-corrected chi connectivity index (χ4v) is 4.86. The molecule has 0 spiro atoms. The van der Waals surface area contributed by atoms with Gasteiger partial charge in [0.2, 0.25) is 0 Å². The van der Waals surface area contributed by atoms with Gasteiger partial charge in [-0.2, -0.15) is 21.6 Å². The summed E-state index contributed by atoms with van der Waals surface area (Å²) >= 11 is 0.589. The fourth-order valence-electron chi connectivity index (χ4n) is 2.39. The summed E-state index contributed by atoms with van der Waals surface area (Å²) in [7, 11) is -3.03. The number of aryl methyl sites for hydroxylation is 1. The standard InChI is InChI=1S/C17H19F3N2O3S3/c1-10-7-14(26-27-23)12(16(2,3)4)8-13(10)22-28(24,25)15-6-5-11(9-21-15)17(18,19)20/h5-9,22-23H,1-4H3. The van der Waals surface area contributed by atoms with Crippen LogP contribution < -0.4 is 4.72 Å². The highest BCUT2D eigenvalue weighted by Crippen LogP contribution is 2.40. The van der Waals surface area contributed by atoms with Gasteiger partial charge in [-0.25, -0.2) is 4.98 Å². The number of sulfonamides is 1. The van der Waals surface area contributed by atoms with Gasteiger partial charge in [0.25, 0.3) is 10.0 Å². The van der Waals surface area contributed by atoms with E-state index in [2.05, 4.69) is 9.71 Å². The lowest BCUT2D eigenvalue weighted by molar-refractivity contribution is -0.137. The molecule has 0 saturated heterocycles. The van der Waals surface area contributed by atoms with Gasteiger partial charge in [0.1, 0.15) is 0 Å². The molecule has 1 aromatic carbocycles. The minimum Gasteiger partial charge on any atom is -0.320 e. The Balaban J connectivity index is 2.43. The van der Waals surface area contributed by atoms with Gasteiger partial charge < -0.3 is 4.55 Å². The summed E-state index contributed by atoms with van der Waals surface area (Å²) in [6, 6.07) is 4.90. The van der Waals surface area contributed by atoms with E-state index in [1.807, 2.05) is 20.8 Å². The molecule has 0 radical (unpaired) electrons. The van der Waals surface area contributed by atoms with Crippen LogP contribution in [0.1, 0.15) is 37.5 Å². The molecular weight excluding hydrogens is 433 g/mol.